The van der Waals surface area contributed by atoms with Crippen molar-refractivity contribution in [3.05, 3.63) is 22.6 Å². The highest BCUT2D eigenvalue weighted by Gasteiger charge is 2.39. The zero-order valence-electron chi connectivity index (χ0n) is 21.4. The molecule has 2 aliphatic rings. The van der Waals surface area contributed by atoms with Gasteiger partial charge in [0.15, 0.2) is 8.32 Å². The number of hydrogen-bond acceptors (Lipinski definition) is 6. The second-order valence-corrected chi connectivity index (χ2v) is 16.1. The van der Waals surface area contributed by atoms with Crippen molar-refractivity contribution in [1.82, 2.24) is 19.7 Å². The molecule has 1 unspecified atom stereocenters. The first-order chi connectivity index (χ1) is 15.5. The van der Waals surface area contributed by atoms with Crippen molar-refractivity contribution in [1.29, 1.82) is 0 Å². The fourth-order valence-corrected chi connectivity index (χ4v) is 5.47. The van der Waals surface area contributed by atoms with Gasteiger partial charge in [0.25, 0.3) is 5.56 Å². The Hall–Kier alpha value is -1.68. The minimum atomic E-state index is -1.88. The topological polar surface area (TPSA) is 73.6 Å². The fourth-order valence-electron chi connectivity index (χ4n) is 4.43. The Morgan fingerprint density at radius 1 is 1.30 bits per heavy atom. The highest BCUT2D eigenvalue weighted by atomic mass is 28.4. The van der Waals surface area contributed by atoms with Gasteiger partial charge in [0.05, 0.1) is 30.0 Å². The molecule has 1 N–H and O–H groups in total. The van der Waals surface area contributed by atoms with E-state index in [1.165, 1.54) is 0 Å². The lowest BCUT2D eigenvalue weighted by Gasteiger charge is -2.43. The monoisotopic (exact) mass is 475 g/mol. The molecule has 2 aromatic heterocycles. The summed E-state index contributed by atoms with van der Waals surface area (Å²) in [5.74, 6) is 0. The van der Waals surface area contributed by atoms with E-state index in [0.717, 1.165) is 55.7 Å². The van der Waals surface area contributed by atoms with Crippen molar-refractivity contribution in [2.45, 2.75) is 83.4 Å². The quantitative estimate of drug-likeness (QED) is 0.666. The van der Waals surface area contributed by atoms with Crippen LogP contribution in [0.25, 0.3) is 11.0 Å². The summed E-state index contributed by atoms with van der Waals surface area (Å²) in [5, 5.41) is 8.72. The molecule has 0 aliphatic carbocycles. The predicted molar refractivity (Wildman–Crippen MR) is 136 cm³/mol. The van der Waals surface area contributed by atoms with Crippen LogP contribution in [-0.2, 0) is 16.2 Å². The standard InChI is InChI=1S/C24H41N5O3Si/c1-17-14-28(18(13-25-17)16-32-33(6,7)24(2,3)4)19-12-21(30)27(5)20-15-29(26-23(19)20)22-10-8-9-11-31-22/h12,15,17-18,22,25H,8-11,13-14,16H2,1-7H3/t17-,18-,22?/m1/s1. The third-order valence-electron chi connectivity index (χ3n) is 7.72. The second-order valence-electron chi connectivity index (χ2n) is 11.3. The Morgan fingerprint density at radius 3 is 2.73 bits per heavy atom. The molecule has 4 heterocycles. The average molecular weight is 476 g/mol. The zero-order valence-corrected chi connectivity index (χ0v) is 22.4. The number of anilines is 1. The molecule has 0 aromatic carbocycles. The Kier molecular flexibility index (Phi) is 6.79. The molecule has 0 saturated carbocycles. The van der Waals surface area contributed by atoms with E-state index in [4.69, 9.17) is 14.3 Å². The van der Waals surface area contributed by atoms with Crippen LogP contribution in [0, 0.1) is 0 Å². The van der Waals surface area contributed by atoms with Crippen LogP contribution >= 0.6 is 0 Å². The number of aryl methyl sites for hydroxylation is 1. The molecule has 0 spiro atoms. The summed E-state index contributed by atoms with van der Waals surface area (Å²) in [5.41, 5.74) is 2.59. The van der Waals surface area contributed by atoms with Gasteiger partial charge in [0.1, 0.15) is 11.7 Å². The first kappa shape index (κ1) is 24.4. The lowest BCUT2D eigenvalue weighted by atomic mass is 10.1. The summed E-state index contributed by atoms with van der Waals surface area (Å²) in [7, 11) is -0.0649. The number of fused-ring (bicyclic) bond motifs is 1. The van der Waals surface area contributed by atoms with E-state index < -0.39 is 8.32 Å². The number of rotatable bonds is 5. The van der Waals surface area contributed by atoms with E-state index in [9.17, 15) is 4.79 Å². The van der Waals surface area contributed by atoms with Gasteiger partial charge in [0, 0.05) is 38.9 Å². The van der Waals surface area contributed by atoms with E-state index in [2.05, 4.69) is 51.0 Å². The number of piperazine rings is 1. The third-order valence-corrected chi connectivity index (χ3v) is 12.2. The molecule has 0 bridgehead atoms. The van der Waals surface area contributed by atoms with Crippen LogP contribution in [0.5, 0.6) is 0 Å². The Balaban J connectivity index is 1.70. The maximum Gasteiger partial charge on any atom is 0.252 e. The summed E-state index contributed by atoms with van der Waals surface area (Å²) in [6.45, 7) is 16.6. The normalized spacial score (nSPS) is 25.1. The molecule has 2 aromatic rings. The van der Waals surface area contributed by atoms with E-state index in [0.29, 0.717) is 12.6 Å². The molecule has 2 aliphatic heterocycles. The van der Waals surface area contributed by atoms with E-state index in [1.807, 2.05) is 17.9 Å². The van der Waals surface area contributed by atoms with Crippen LogP contribution in [0.2, 0.25) is 18.1 Å². The lowest BCUT2D eigenvalue weighted by molar-refractivity contribution is -0.0390. The SMILES string of the molecule is C[C@@H]1CN(c2cc(=O)n(C)c3cn(C4CCCCO4)nc23)[C@@H](CO[Si](C)(C)C(C)(C)C)CN1. The largest absolute Gasteiger partial charge is 0.415 e. The van der Waals surface area contributed by atoms with Crippen molar-refractivity contribution in [3.8, 4) is 0 Å². The maximum absolute atomic E-state index is 12.9. The highest BCUT2D eigenvalue weighted by Crippen LogP contribution is 2.37. The second kappa shape index (κ2) is 9.17. The zero-order chi connectivity index (χ0) is 24.0. The van der Waals surface area contributed by atoms with Crippen LogP contribution in [0.4, 0.5) is 5.69 Å². The Morgan fingerprint density at radius 2 is 2.06 bits per heavy atom. The first-order valence-corrected chi connectivity index (χ1v) is 15.2. The van der Waals surface area contributed by atoms with E-state index in [1.54, 1.807) is 10.6 Å². The first-order valence-electron chi connectivity index (χ1n) is 12.3. The van der Waals surface area contributed by atoms with Crippen molar-refractivity contribution in [2.75, 3.05) is 31.2 Å². The average Bonchev–Trinajstić information content (AvgIpc) is 3.21. The highest BCUT2D eigenvalue weighted by molar-refractivity contribution is 6.74. The molecule has 3 atom stereocenters. The summed E-state index contributed by atoms with van der Waals surface area (Å²) in [4.78, 5) is 15.3. The lowest BCUT2D eigenvalue weighted by Crippen LogP contribution is -2.59. The predicted octanol–water partition coefficient (Wildman–Crippen LogP) is 3.62. The Labute approximate surface area is 198 Å². The van der Waals surface area contributed by atoms with Crippen molar-refractivity contribution < 1.29 is 9.16 Å². The molecular formula is C24H41N5O3Si. The maximum atomic E-state index is 12.9. The van der Waals surface area contributed by atoms with Gasteiger partial charge < -0.3 is 23.9 Å². The summed E-state index contributed by atoms with van der Waals surface area (Å²) in [6, 6.07) is 2.21. The smallest absolute Gasteiger partial charge is 0.252 e. The molecule has 2 fully saturated rings. The number of ether oxygens (including phenoxy) is 1. The van der Waals surface area contributed by atoms with Gasteiger partial charge in [-0.2, -0.15) is 5.10 Å². The molecule has 2 saturated heterocycles. The number of hydrogen-bond donors (Lipinski definition) is 1. The minimum Gasteiger partial charge on any atom is -0.415 e. The van der Waals surface area contributed by atoms with Gasteiger partial charge in [-0.3, -0.25) is 4.79 Å². The summed E-state index contributed by atoms with van der Waals surface area (Å²) >= 11 is 0. The van der Waals surface area contributed by atoms with Crippen molar-refractivity contribution in [2.24, 2.45) is 7.05 Å². The fraction of sp³-hybridized carbons (Fsp3) is 0.750. The van der Waals surface area contributed by atoms with E-state index >= 15 is 0 Å². The van der Waals surface area contributed by atoms with E-state index in [-0.39, 0.29) is 22.9 Å². The van der Waals surface area contributed by atoms with Gasteiger partial charge >= 0.3 is 0 Å². The third kappa shape index (κ3) is 4.92. The van der Waals surface area contributed by atoms with Gasteiger partial charge in [-0.25, -0.2) is 4.68 Å². The molecule has 33 heavy (non-hydrogen) atoms. The summed E-state index contributed by atoms with van der Waals surface area (Å²) in [6.07, 6.45) is 5.09. The minimum absolute atomic E-state index is 0.0168. The number of pyridine rings is 1. The molecule has 184 valence electrons. The molecule has 0 amide bonds. The van der Waals surface area contributed by atoms with Crippen LogP contribution in [0.1, 0.15) is 53.2 Å². The van der Waals surface area contributed by atoms with Crippen LogP contribution in [0.15, 0.2) is 17.1 Å². The van der Waals surface area contributed by atoms with Gasteiger partial charge in [-0.1, -0.05) is 20.8 Å². The molecule has 8 nitrogen and oxygen atoms in total. The molecular weight excluding hydrogens is 434 g/mol. The molecule has 9 heteroatoms. The number of nitrogens with one attached hydrogen (secondary N) is 1. The Bertz CT molecular complexity index is 1040. The molecule has 0 radical (unpaired) electrons. The van der Waals surface area contributed by atoms with Gasteiger partial charge in [0.2, 0.25) is 0 Å². The molecule has 4 rings (SSSR count). The van der Waals surface area contributed by atoms with Crippen LogP contribution in [0.3, 0.4) is 0 Å². The van der Waals surface area contributed by atoms with Gasteiger partial charge in [-0.15, -0.1) is 0 Å². The number of aromatic nitrogens is 3. The number of nitrogens with zero attached hydrogens (tertiary/aromatic N) is 4. The van der Waals surface area contributed by atoms with Crippen molar-refractivity contribution in [3.63, 3.8) is 0 Å². The van der Waals surface area contributed by atoms with Crippen LogP contribution in [-0.4, -0.2) is 61.1 Å². The van der Waals surface area contributed by atoms with Crippen LogP contribution < -0.4 is 15.8 Å². The summed E-state index contributed by atoms with van der Waals surface area (Å²) < 4.78 is 16.2. The van der Waals surface area contributed by atoms with Crippen molar-refractivity contribution >= 4 is 25.0 Å². The van der Waals surface area contributed by atoms with Gasteiger partial charge in [-0.05, 0) is 44.3 Å².